The molecular formula is C14H17Cl2NO. The van der Waals surface area contributed by atoms with Crippen LogP contribution in [0.1, 0.15) is 24.8 Å². The van der Waals surface area contributed by atoms with Crippen LogP contribution in [-0.4, -0.2) is 13.2 Å². The maximum atomic E-state index is 6.23. The van der Waals surface area contributed by atoms with E-state index in [4.69, 9.17) is 27.9 Å². The van der Waals surface area contributed by atoms with Gasteiger partial charge in [0.25, 0.3) is 0 Å². The molecule has 1 aromatic carbocycles. The number of halogens is 2. The number of nitrogens with one attached hydrogen (secondary N) is 1. The third kappa shape index (κ3) is 3.41. The third-order valence-corrected chi connectivity index (χ3v) is 3.43. The summed E-state index contributed by atoms with van der Waals surface area (Å²) in [5.74, 6) is 0.743. The van der Waals surface area contributed by atoms with Crippen LogP contribution in [0.4, 0.5) is 0 Å². The van der Waals surface area contributed by atoms with E-state index in [0.717, 1.165) is 30.6 Å². The normalized spacial score (nSPS) is 18.9. The van der Waals surface area contributed by atoms with Gasteiger partial charge >= 0.3 is 0 Å². The van der Waals surface area contributed by atoms with Crippen LogP contribution in [0.15, 0.2) is 24.3 Å². The summed E-state index contributed by atoms with van der Waals surface area (Å²) >= 11 is 12.2. The molecule has 2 nitrogen and oxygen atoms in total. The molecule has 0 aliphatic heterocycles. The molecule has 0 saturated carbocycles. The van der Waals surface area contributed by atoms with Crippen molar-refractivity contribution in [2.45, 2.75) is 31.9 Å². The number of hydrogen-bond donors (Lipinski definition) is 1. The molecule has 1 unspecified atom stereocenters. The predicted molar refractivity (Wildman–Crippen MR) is 76.6 cm³/mol. The summed E-state index contributed by atoms with van der Waals surface area (Å²) in [4.78, 5) is 0. The van der Waals surface area contributed by atoms with Crippen LogP contribution in [0.25, 0.3) is 0 Å². The van der Waals surface area contributed by atoms with Crippen molar-refractivity contribution in [2.75, 3.05) is 7.05 Å². The molecule has 0 aromatic heterocycles. The minimum atomic E-state index is 0.119. The van der Waals surface area contributed by atoms with Gasteiger partial charge in [-0.1, -0.05) is 29.3 Å². The van der Waals surface area contributed by atoms with Crippen molar-refractivity contribution in [1.29, 1.82) is 0 Å². The van der Waals surface area contributed by atoms with Gasteiger partial charge in [-0.3, -0.25) is 0 Å². The second kappa shape index (κ2) is 6.46. The van der Waals surface area contributed by atoms with Crippen molar-refractivity contribution in [3.8, 4) is 5.75 Å². The Morgan fingerprint density at radius 1 is 1.39 bits per heavy atom. The second-order valence-electron chi connectivity index (χ2n) is 4.42. The fraction of sp³-hybridized carbons (Fsp3) is 0.429. The minimum absolute atomic E-state index is 0.119. The van der Waals surface area contributed by atoms with Crippen LogP contribution in [0, 0.1) is 0 Å². The lowest BCUT2D eigenvalue weighted by molar-refractivity contribution is 0.227. The predicted octanol–water partition coefficient (Wildman–Crippen LogP) is 4.20. The van der Waals surface area contributed by atoms with E-state index < -0.39 is 0 Å². The Morgan fingerprint density at radius 2 is 2.22 bits per heavy atom. The zero-order chi connectivity index (χ0) is 13.0. The number of hydrogen-bond acceptors (Lipinski definition) is 2. The van der Waals surface area contributed by atoms with Crippen LogP contribution < -0.4 is 10.1 Å². The Kier molecular flexibility index (Phi) is 4.93. The van der Waals surface area contributed by atoms with E-state index in [-0.39, 0.29) is 6.10 Å². The van der Waals surface area contributed by atoms with Crippen LogP contribution >= 0.6 is 23.2 Å². The molecule has 0 amide bonds. The Labute approximate surface area is 118 Å². The highest BCUT2D eigenvalue weighted by atomic mass is 35.5. The average Bonchev–Trinajstić information content (AvgIpc) is 2.35. The van der Waals surface area contributed by atoms with Gasteiger partial charge in [0.2, 0.25) is 0 Å². The van der Waals surface area contributed by atoms with Crippen molar-refractivity contribution in [3.63, 3.8) is 0 Å². The highest BCUT2D eigenvalue weighted by Gasteiger charge is 2.16. The molecule has 1 aliphatic carbocycles. The van der Waals surface area contributed by atoms with E-state index in [1.54, 1.807) is 6.07 Å². The largest absolute Gasteiger partial charge is 0.484 e. The molecule has 0 spiro atoms. The summed E-state index contributed by atoms with van der Waals surface area (Å²) in [5.41, 5.74) is 0.994. The van der Waals surface area contributed by atoms with Gasteiger partial charge in [-0.2, -0.15) is 0 Å². The summed E-state index contributed by atoms with van der Waals surface area (Å²) in [6, 6.07) is 3.62. The van der Waals surface area contributed by atoms with Gasteiger partial charge in [0.15, 0.2) is 0 Å². The SMILES string of the molecule is CNCc1cc(Cl)cc(Cl)c1OC1C=CCCC1. The van der Waals surface area contributed by atoms with Gasteiger partial charge in [-0.25, -0.2) is 0 Å². The van der Waals surface area contributed by atoms with Gasteiger partial charge in [-0.05, 0) is 44.5 Å². The number of ether oxygens (including phenoxy) is 1. The zero-order valence-electron chi connectivity index (χ0n) is 10.4. The van der Waals surface area contributed by atoms with E-state index in [1.807, 2.05) is 13.1 Å². The summed E-state index contributed by atoms with van der Waals surface area (Å²) in [6.07, 6.45) is 7.72. The van der Waals surface area contributed by atoms with Crippen LogP contribution in [-0.2, 0) is 6.54 Å². The van der Waals surface area contributed by atoms with Gasteiger partial charge in [-0.15, -0.1) is 0 Å². The highest BCUT2D eigenvalue weighted by molar-refractivity contribution is 6.35. The first-order valence-corrected chi connectivity index (χ1v) is 6.92. The average molecular weight is 286 g/mol. The summed E-state index contributed by atoms with van der Waals surface area (Å²) in [7, 11) is 1.89. The van der Waals surface area contributed by atoms with Gasteiger partial charge in [0.05, 0.1) is 5.02 Å². The molecule has 1 aromatic rings. The molecule has 0 radical (unpaired) electrons. The lowest BCUT2D eigenvalue weighted by Crippen LogP contribution is -2.18. The molecule has 0 fully saturated rings. The fourth-order valence-electron chi connectivity index (χ4n) is 2.10. The lowest BCUT2D eigenvalue weighted by atomic mass is 10.1. The summed E-state index contributed by atoms with van der Waals surface area (Å²) in [6.45, 7) is 0.687. The molecule has 1 N–H and O–H groups in total. The van der Waals surface area contributed by atoms with Gasteiger partial charge < -0.3 is 10.1 Å². The molecule has 1 aliphatic rings. The lowest BCUT2D eigenvalue weighted by Gasteiger charge is -2.21. The van der Waals surface area contributed by atoms with E-state index in [1.165, 1.54) is 0 Å². The van der Waals surface area contributed by atoms with Crippen molar-refractivity contribution in [3.05, 3.63) is 39.9 Å². The topological polar surface area (TPSA) is 21.3 Å². The first-order valence-electron chi connectivity index (χ1n) is 6.16. The van der Waals surface area contributed by atoms with Gasteiger partial charge in [0, 0.05) is 17.1 Å². The molecule has 0 bridgehead atoms. The summed E-state index contributed by atoms with van der Waals surface area (Å²) in [5, 5.41) is 4.31. The molecule has 4 heteroatoms. The maximum Gasteiger partial charge on any atom is 0.143 e. The van der Waals surface area contributed by atoms with E-state index in [0.29, 0.717) is 16.6 Å². The van der Waals surface area contributed by atoms with Crippen molar-refractivity contribution < 1.29 is 4.74 Å². The molecule has 1 atom stereocenters. The third-order valence-electron chi connectivity index (χ3n) is 2.93. The first kappa shape index (κ1) is 13.7. The molecule has 2 rings (SSSR count). The van der Waals surface area contributed by atoms with Crippen LogP contribution in [0.5, 0.6) is 5.75 Å². The first-order chi connectivity index (χ1) is 8.70. The standard InChI is InChI=1S/C14H17Cl2NO/c1-17-9-10-7-11(15)8-13(16)14(10)18-12-5-3-2-4-6-12/h3,5,7-8,12,17H,2,4,6,9H2,1H3. The number of allylic oxidation sites excluding steroid dienone is 1. The van der Waals surface area contributed by atoms with Crippen LogP contribution in [0.2, 0.25) is 10.0 Å². The molecule has 98 valence electrons. The Hall–Kier alpha value is -0.700. The van der Waals surface area contributed by atoms with Gasteiger partial charge in [0.1, 0.15) is 11.9 Å². The van der Waals surface area contributed by atoms with Crippen molar-refractivity contribution in [2.24, 2.45) is 0 Å². The molecule has 18 heavy (non-hydrogen) atoms. The maximum absolute atomic E-state index is 6.23. The number of rotatable bonds is 4. The van der Waals surface area contributed by atoms with E-state index >= 15 is 0 Å². The Morgan fingerprint density at radius 3 is 2.89 bits per heavy atom. The quantitative estimate of drug-likeness (QED) is 0.837. The summed E-state index contributed by atoms with van der Waals surface area (Å²) < 4.78 is 6.01. The van der Waals surface area contributed by atoms with Crippen LogP contribution in [0.3, 0.4) is 0 Å². The Bertz CT molecular complexity index is 446. The minimum Gasteiger partial charge on any atom is -0.484 e. The second-order valence-corrected chi connectivity index (χ2v) is 5.27. The zero-order valence-corrected chi connectivity index (χ0v) is 11.9. The van der Waals surface area contributed by atoms with E-state index in [2.05, 4.69) is 17.5 Å². The molecule has 0 saturated heterocycles. The molecular weight excluding hydrogens is 269 g/mol. The molecule has 0 heterocycles. The van der Waals surface area contributed by atoms with Crippen molar-refractivity contribution >= 4 is 23.2 Å². The smallest absolute Gasteiger partial charge is 0.143 e. The van der Waals surface area contributed by atoms with E-state index in [9.17, 15) is 0 Å². The highest BCUT2D eigenvalue weighted by Crippen LogP contribution is 2.34. The Balaban J connectivity index is 2.24. The monoisotopic (exact) mass is 285 g/mol. The fourth-order valence-corrected chi connectivity index (χ4v) is 2.68. The van der Waals surface area contributed by atoms with Crippen molar-refractivity contribution in [1.82, 2.24) is 5.32 Å². The number of benzene rings is 1.